The highest BCUT2D eigenvalue weighted by Gasteiger charge is 2.58. The molecule has 3 rings (SSSR count). The maximum Gasteiger partial charge on any atom is 0.238 e. The Morgan fingerprint density at radius 2 is 1.95 bits per heavy atom. The molecule has 0 radical (unpaired) electrons. The third-order valence-corrected chi connectivity index (χ3v) is 4.86. The molecule has 1 unspecified atom stereocenters. The van der Waals surface area contributed by atoms with Crippen LogP contribution in [0.2, 0.25) is 0 Å². The fraction of sp³-hybridized carbons (Fsp3) is 0.800. The zero-order valence-corrected chi connectivity index (χ0v) is 12.8. The zero-order valence-electron chi connectivity index (χ0n) is 12.8. The average Bonchev–Trinajstić information content (AvgIpc) is 3.21. The molecule has 3 fully saturated rings. The highest BCUT2D eigenvalue weighted by molar-refractivity contribution is 6.07. The lowest BCUT2D eigenvalue weighted by molar-refractivity contribution is -0.146. The smallest absolute Gasteiger partial charge is 0.238 e. The lowest BCUT2D eigenvalue weighted by Crippen LogP contribution is -2.53. The minimum Gasteiger partial charge on any atom is -0.376 e. The van der Waals surface area contributed by atoms with Gasteiger partial charge in [0.15, 0.2) is 0 Å². The first kappa shape index (κ1) is 15.3. The van der Waals surface area contributed by atoms with Crippen LogP contribution in [0.25, 0.3) is 0 Å². The Labute approximate surface area is 129 Å². The van der Waals surface area contributed by atoms with Crippen LogP contribution in [0.4, 0.5) is 0 Å². The molecule has 2 heterocycles. The van der Waals surface area contributed by atoms with Gasteiger partial charge in [-0.05, 0) is 25.7 Å². The van der Waals surface area contributed by atoms with Gasteiger partial charge < -0.3 is 19.9 Å². The molecule has 0 aromatic heterocycles. The number of ether oxygens (including phenoxy) is 1. The van der Waals surface area contributed by atoms with E-state index in [9.17, 15) is 14.4 Å². The summed E-state index contributed by atoms with van der Waals surface area (Å²) >= 11 is 0. The van der Waals surface area contributed by atoms with Crippen molar-refractivity contribution in [3.8, 4) is 0 Å². The van der Waals surface area contributed by atoms with E-state index in [1.54, 1.807) is 9.80 Å². The first-order valence-electron chi connectivity index (χ1n) is 8.04. The molecule has 1 N–H and O–H groups in total. The van der Waals surface area contributed by atoms with E-state index in [-0.39, 0.29) is 17.9 Å². The fourth-order valence-electron chi connectivity index (χ4n) is 3.18. The summed E-state index contributed by atoms with van der Waals surface area (Å²) in [5.74, 6) is -0.242. The van der Waals surface area contributed by atoms with E-state index < -0.39 is 5.41 Å². The van der Waals surface area contributed by atoms with Gasteiger partial charge in [-0.15, -0.1) is 0 Å². The summed E-state index contributed by atoms with van der Waals surface area (Å²) in [6.45, 7) is 3.36. The van der Waals surface area contributed by atoms with E-state index >= 15 is 0 Å². The largest absolute Gasteiger partial charge is 0.376 e. The number of nitrogens with zero attached hydrogens (tertiary/aromatic N) is 2. The van der Waals surface area contributed by atoms with Crippen LogP contribution >= 0.6 is 0 Å². The van der Waals surface area contributed by atoms with Gasteiger partial charge >= 0.3 is 0 Å². The molecule has 0 aromatic carbocycles. The van der Waals surface area contributed by atoms with Gasteiger partial charge in [-0.3, -0.25) is 14.4 Å². The summed E-state index contributed by atoms with van der Waals surface area (Å²) in [6.07, 6.45) is 4.14. The molecule has 22 heavy (non-hydrogen) atoms. The number of nitrogens with one attached hydrogen (secondary N) is 1. The lowest BCUT2D eigenvalue weighted by Gasteiger charge is -2.34. The maximum atomic E-state index is 12.6. The standard InChI is InChI=1S/C15H23N3O4/c19-11-17-5-7-18(8-6-17)14(21)15(3-4-15)13(20)16-10-12-2-1-9-22-12/h11-12H,1-10H2,(H,16,20). The van der Waals surface area contributed by atoms with Crippen LogP contribution in [0.3, 0.4) is 0 Å². The number of piperazine rings is 1. The van der Waals surface area contributed by atoms with E-state index in [1.807, 2.05) is 0 Å². The van der Waals surface area contributed by atoms with E-state index in [1.165, 1.54) is 0 Å². The van der Waals surface area contributed by atoms with E-state index in [4.69, 9.17) is 4.74 Å². The van der Waals surface area contributed by atoms with Crippen LogP contribution in [0.1, 0.15) is 25.7 Å². The quantitative estimate of drug-likeness (QED) is 0.541. The number of hydrogen-bond donors (Lipinski definition) is 1. The monoisotopic (exact) mass is 309 g/mol. The van der Waals surface area contributed by atoms with Crippen molar-refractivity contribution < 1.29 is 19.1 Å². The molecule has 2 aliphatic heterocycles. The van der Waals surface area contributed by atoms with Crippen LogP contribution in [0.5, 0.6) is 0 Å². The molecular weight excluding hydrogens is 286 g/mol. The van der Waals surface area contributed by atoms with Gasteiger partial charge in [0, 0.05) is 39.3 Å². The van der Waals surface area contributed by atoms with Gasteiger partial charge in [0.05, 0.1) is 6.10 Å². The van der Waals surface area contributed by atoms with Crippen molar-refractivity contribution in [2.45, 2.75) is 31.8 Å². The minimum absolute atomic E-state index is 0.0807. The van der Waals surface area contributed by atoms with Crippen molar-refractivity contribution >= 4 is 18.2 Å². The molecule has 1 aliphatic carbocycles. The minimum atomic E-state index is -0.859. The number of carbonyl (C=O) groups excluding carboxylic acids is 3. The summed E-state index contributed by atoms with van der Waals surface area (Å²) < 4.78 is 5.49. The second kappa shape index (κ2) is 6.24. The SMILES string of the molecule is O=CN1CCN(C(=O)C2(C(=O)NCC3CCCO3)CC2)CC1. The van der Waals surface area contributed by atoms with Crippen molar-refractivity contribution in [1.82, 2.24) is 15.1 Å². The van der Waals surface area contributed by atoms with Gasteiger partial charge in [-0.25, -0.2) is 0 Å². The van der Waals surface area contributed by atoms with Crippen molar-refractivity contribution in [3.05, 3.63) is 0 Å². The number of hydrogen-bond acceptors (Lipinski definition) is 4. The summed E-state index contributed by atoms with van der Waals surface area (Å²) in [5.41, 5.74) is -0.859. The van der Waals surface area contributed by atoms with Crippen LogP contribution < -0.4 is 5.32 Å². The Balaban J connectivity index is 1.52. The molecular formula is C15H23N3O4. The van der Waals surface area contributed by atoms with Crippen molar-refractivity contribution in [2.24, 2.45) is 5.41 Å². The third kappa shape index (κ3) is 2.95. The Hall–Kier alpha value is -1.63. The predicted octanol–water partition coefficient (Wildman–Crippen LogP) is -0.638. The molecule has 3 amide bonds. The number of rotatable bonds is 5. The normalized spacial score (nSPS) is 26.6. The Morgan fingerprint density at radius 1 is 1.23 bits per heavy atom. The lowest BCUT2D eigenvalue weighted by atomic mass is 10.0. The molecule has 0 aromatic rings. The zero-order chi connectivity index (χ0) is 15.6. The van der Waals surface area contributed by atoms with Crippen molar-refractivity contribution in [2.75, 3.05) is 39.3 Å². The molecule has 122 valence electrons. The third-order valence-electron chi connectivity index (χ3n) is 4.86. The van der Waals surface area contributed by atoms with E-state index in [0.29, 0.717) is 45.6 Å². The maximum absolute atomic E-state index is 12.6. The fourth-order valence-corrected chi connectivity index (χ4v) is 3.18. The highest BCUT2D eigenvalue weighted by atomic mass is 16.5. The Bertz CT molecular complexity index is 450. The average molecular weight is 309 g/mol. The van der Waals surface area contributed by atoms with Crippen LogP contribution in [0, 0.1) is 5.41 Å². The summed E-state index contributed by atoms with van der Waals surface area (Å²) in [6, 6.07) is 0. The number of carbonyl (C=O) groups is 3. The van der Waals surface area contributed by atoms with Gasteiger partial charge in [0.1, 0.15) is 5.41 Å². The van der Waals surface area contributed by atoms with E-state index in [2.05, 4.69) is 5.32 Å². The van der Waals surface area contributed by atoms with Gasteiger partial charge in [-0.1, -0.05) is 0 Å². The highest BCUT2D eigenvalue weighted by Crippen LogP contribution is 2.47. The molecule has 1 saturated carbocycles. The van der Waals surface area contributed by atoms with Crippen molar-refractivity contribution in [1.29, 1.82) is 0 Å². The van der Waals surface area contributed by atoms with Crippen molar-refractivity contribution in [3.63, 3.8) is 0 Å². The number of amides is 3. The topological polar surface area (TPSA) is 79.0 Å². The molecule has 3 aliphatic rings. The van der Waals surface area contributed by atoms with Gasteiger partial charge in [0.2, 0.25) is 18.2 Å². The Kier molecular flexibility index (Phi) is 4.33. The second-order valence-electron chi connectivity index (χ2n) is 6.36. The van der Waals surface area contributed by atoms with Gasteiger partial charge in [0.25, 0.3) is 0 Å². The predicted molar refractivity (Wildman–Crippen MR) is 77.9 cm³/mol. The van der Waals surface area contributed by atoms with E-state index in [0.717, 1.165) is 25.9 Å². The summed E-state index contributed by atoms with van der Waals surface area (Å²) in [7, 11) is 0. The summed E-state index contributed by atoms with van der Waals surface area (Å²) in [5, 5.41) is 2.89. The van der Waals surface area contributed by atoms with Crippen LogP contribution in [-0.2, 0) is 19.1 Å². The van der Waals surface area contributed by atoms with Crippen LogP contribution in [0.15, 0.2) is 0 Å². The molecule has 1 atom stereocenters. The molecule has 2 saturated heterocycles. The Morgan fingerprint density at radius 3 is 2.50 bits per heavy atom. The molecule has 7 heteroatoms. The second-order valence-corrected chi connectivity index (χ2v) is 6.36. The van der Waals surface area contributed by atoms with Gasteiger partial charge in [-0.2, -0.15) is 0 Å². The van der Waals surface area contributed by atoms with Crippen LogP contribution in [-0.4, -0.2) is 73.5 Å². The first-order chi connectivity index (χ1) is 10.7. The molecule has 0 spiro atoms. The summed E-state index contributed by atoms with van der Waals surface area (Å²) in [4.78, 5) is 39.1. The molecule has 7 nitrogen and oxygen atoms in total. The molecule has 0 bridgehead atoms. The first-order valence-corrected chi connectivity index (χ1v) is 8.04.